The first-order valence-corrected chi connectivity index (χ1v) is 14.5. The number of aliphatic hydroxyl groups excluding tert-OH is 1. The van der Waals surface area contributed by atoms with E-state index in [1.54, 1.807) is 0 Å². The molecule has 13 heteroatoms. The maximum atomic E-state index is 14.8. The molecular weight excluding hydrogens is 542 g/mol. The van der Waals surface area contributed by atoms with Crippen LogP contribution in [0.15, 0.2) is 41.4 Å². The molecule has 1 aromatic heterocycles. The van der Waals surface area contributed by atoms with Crippen LogP contribution in [0, 0.1) is 11.7 Å². The summed E-state index contributed by atoms with van der Waals surface area (Å²) in [4.78, 5) is 28.3. The predicted octanol–water partition coefficient (Wildman–Crippen LogP) is 2.79. The van der Waals surface area contributed by atoms with Crippen molar-refractivity contribution < 1.29 is 45.2 Å². The summed E-state index contributed by atoms with van der Waals surface area (Å²) < 4.78 is 79.6. The zero-order valence-corrected chi connectivity index (χ0v) is 22.1. The summed E-state index contributed by atoms with van der Waals surface area (Å²) in [5.41, 5.74) is -1.13. The molecule has 0 spiro atoms. The smallest absolute Gasteiger partial charge is 0.396 e. The highest BCUT2D eigenvalue weighted by Gasteiger charge is 2.42. The standard InChI is InChI=1S/C26H29F4N3O5S/c1-39(37,38)18-9-12-32(10-3-13-34)22(15-18)25(36)33-11-2-4-21(33)24(35)31-23(16-5-6-16)19-8-7-17(14-20(19)27)26(28,29)30/h7-9,12,14-16,21,23,34H,2-6,10-11,13H2,1H3/p+1/t21-,23-/m1/s1. The van der Waals surface area contributed by atoms with E-state index in [4.69, 9.17) is 0 Å². The number of carbonyl (C=O) groups is 2. The number of nitrogens with one attached hydrogen (secondary N) is 1. The topological polar surface area (TPSA) is 108 Å². The molecule has 2 amide bonds. The predicted molar refractivity (Wildman–Crippen MR) is 131 cm³/mol. The third-order valence-electron chi connectivity index (χ3n) is 7.08. The van der Waals surface area contributed by atoms with E-state index in [0.29, 0.717) is 38.2 Å². The number of sulfone groups is 1. The van der Waals surface area contributed by atoms with Crippen LogP contribution in [0.5, 0.6) is 0 Å². The number of aryl methyl sites for hydroxylation is 1. The Morgan fingerprint density at radius 1 is 1.18 bits per heavy atom. The molecular formula is C26H30F4N3O5S+. The Morgan fingerprint density at radius 3 is 2.49 bits per heavy atom. The zero-order valence-electron chi connectivity index (χ0n) is 21.2. The van der Waals surface area contributed by atoms with Crippen molar-refractivity contribution in [2.45, 2.75) is 61.8 Å². The number of carbonyl (C=O) groups excluding carboxylic acids is 2. The van der Waals surface area contributed by atoms with Crippen molar-refractivity contribution in [3.05, 3.63) is 59.2 Å². The summed E-state index contributed by atoms with van der Waals surface area (Å²) in [6, 6.07) is 3.07. The minimum Gasteiger partial charge on any atom is -0.396 e. The normalized spacial score (nSPS) is 18.7. The summed E-state index contributed by atoms with van der Waals surface area (Å²) in [6.07, 6.45) is 0.214. The monoisotopic (exact) mass is 572 g/mol. The highest BCUT2D eigenvalue weighted by molar-refractivity contribution is 7.90. The number of rotatable bonds is 9. The quantitative estimate of drug-likeness (QED) is 0.355. The number of pyridine rings is 1. The third kappa shape index (κ3) is 6.57. The van der Waals surface area contributed by atoms with Gasteiger partial charge in [-0.3, -0.25) is 9.59 Å². The molecule has 4 rings (SSSR count). The average molecular weight is 573 g/mol. The minimum atomic E-state index is -4.70. The van der Waals surface area contributed by atoms with Crippen LogP contribution in [0.25, 0.3) is 0 Å². The van der Waals surface area contributed by atoms with Gasteiger partial charge < -0.3 is 15.3 Å². The molecule has 2 heterocycles. The summed E-state index contributed by atoms with van der Waals surface area (Å²) in [5, 5.41) is 12.0. The number of alkyl halides is 3. The summed E-state index contributed by atoms with van der Waals surface area (Å²) >= 11 is 0. The molecule has 212 valence electrons. The van der Waals surface area contributed by atoms with E-state index in [2.05, 4.69) is 5.32 Å². The van der Waals surface area contributed by atoms with E-state index in [1.807, 2.05) is 0 Å². The van der Waals surface area contributed by atoms with E-state index < -0.39 is 51.3 Å². The Labute approximate surface area is 223 Å². The Morgan fingerprint density at radius 2 is 1.90 bits per heavy atom. The van der Waals surface area contributed by atoms with Crippen molar-refractivity contribution in [3.63, 3.8) is 0 Å². The Hall–Kier alpha value is -3.06. The molecule has 0 radical (unpaired) electrons. The van der Waals surface area contributed by atoms with Gasteiger partial charge in [-0.15, -0.1) is 0 Å². The highest BCUT2D eigenvalue weighted by atomic mass is 32.2. The molecule has 39 heavy (non-hydrogen) atoms. The number of benzene rings is 1. The lowest BCUT2D eigenvalue weighted by Gasteiger charge is -2.27. The number of likely N-dealkylation sites (tertiary alicyclic amines) is 1. The van der Waals surface area contributed by atoms with Crippen molar-refractivity contribution >= 4 is 21.7 Å². The number of halogens is 4. The van der Waals surface area contributed by atoms with Crippen LogP contribution in [0.1, 0.15) is 59.8 Å². The van der Waals surface area contributed by atoms with Crippen LogP contribution >= 0.6 is 0 Å². The van der Waals surface area contributed by atoms with Gasteiger partial charge in [0.05, 0.1) is 16.5 Å². The second-order valence-corrected chi connectivity index (χ2v) is 12.0. The lowest BCUT2D eigenvalue weighted by atomic mass is 9.99. The number of hydrogen-bond acceptors (Lipinski definition) is 5. The van der Waals surface area contributed by atoms with Crippen LogP contribution in [0.4, 0.5) is 17.6 Å². The maximum absolute atomic E-state index is 14.8. The highest BCUT2D eigenvalue weighted by Crippen LogP contribution is 2.43. The van der Waals surface area contributed by atoms with Crippen LogP contribution in [0.3, 0.4) is 0 Å². The molecule has 2 N–H and O–H groups in total. The summed E-state index contributed by atoms with van der Waals surface area (Å²) in [5.74, 6) is -2.33. The van der Waals surface area contributed by atoms with Crippen LogP contribution < -0.4 is 9.88 Å². The van der Waals surface area contributed by atoms with Crippen molar-refractivity contribution in [3.8, 4) is 0 Å². The first-order valence-electron chi connectivity index (χ1n) is 12.6. The summed E-state index contributed by atoms with van der Waals surface area (Å²) in [6.45, 7) is 0.318. The molecule has 2 aliphatic rings. The summed E-state index contributed by atoms with van der Waals surface area (Å²) in [7, 11) is -3.63. The van der Waals surface area contributed by atoms with Crippen LogP contribution in [0.2, 0.25) is 0 Å². The fraction of sp³-hybridized carbons (Fsp3) is 0.500. The SMILES string of the molecule is CS(=O)(=O)c1cc[n+](CCCO)c(C(=O)N2CCC[C@@H]2C(=O)N[C@@H](c2ccc(C(F)(F)F)cc2F)C2CC2)c1. The Balaban J connectivity index is 1.59. The first-order chi connectivity index (χ1) is 18.3. The molecule has 0 unspecified atom stereocenters. The molecule has 0 bridgehead atoms. The van der Waals surface area contributed by atoms with Gasteiger partial charge in [0.1, 0.15) is 11.9 Å². The maximum Gasteiger partial charge on any atom is 0.416 e. The fourth-order valence-corrected chi connectivity index (χ4v) is 5.51. The Kier molecular flexibility index (Phi) is 8.31. The molecule has 1 saturated heterocycles. The van der Waals surface area contributed by atoms with Crippen molar-refractivity contribution in [1.29, 1.82) is 0 Å². The molecule has 2 atom stereocenters. The lowest BCUT2D eigenvalue weighted by Crippen LogP contribution is -2.51. The van der Waals surface area contributed by atoms with E-state index in [0.717, 1.165) is 18.4 Å². The van der Waals surface area contributed by atoms with Gasteiger partial charge in [-0.1, -0.05) is 6.07 Å². The molecule has 1 aromatic carbocycles. The molecule has 8 nitrogen and oxygen atoms in total. The second-order valence-electron chi connectivity index (χ2n) is 10.0. The van der Waals surface area contributed by atoms with Gasteiger partial charge in [-0.05, 0) is 43.7 Å². The Bertz CT molecular complexity index is 1360. The molecule has 1 saturated carbocycles. The van der Waals surface area contributed by atoms with Crippen molar-refractivity contribution in [2.75, 3.05) is 19.4 Å². The van der Waals surface area contributed by atoms with Crippen molar-refractivity contribution in [2.24, 2.45) is 5.92 Å². The van der Waals surface area contributed by atoms with E-state index in [-0.39, 0.29) is 41.8 Å². The van der Waals surface area contributed by atoms with Gasteiger partial charge in [0.2, 0.25) is 5.91 Å². The lowest BCUT2D eigenvalue weighted by molar-refractivity contribution is -0.699. The number of hydrogen-bond donors (Lipinski definition) is 2. The molecule has 1 aliphatic carbocycles. The number of amides is 2. The number of aromatic nitrogens is 1. The average Bonchev–Trinajstić information content (AvgIpc) is 3.59. The molecule has 1 aliphatic heterocycles. The number of aliphatic hydroxyl groups is 1. The molecule has 2 fully saturated rings. The van der Waals surface area contributed by atoms with E-state index >= 15 is 0 Å². The van der Waals surface area contributed by atoms with Gasteiger partial charge in [-0.2, -0.15) is 17.7 Å². The first kappa shape index (κ1) is 28.9. The van der Waals surface area contributed by atoms with Gasteiger partial charge in [-0.25, -0.2) is 12.8 Å². The molecule has 2 aromatic rings. The van der Waals surface area contributed by atoms with Crippen LogP contribution in [-0.4, -0.2) is 55.7 Å². The zero-order chi connectivity index (χ0) is 28.5. The van der Waals surface area contributed by atoms with Gasteiger partial charge in [0, 0.05) is 43.5 Å². The van der Waals surface area contributed by atoms with Gasteiger partial charge in [0.25, 0.3) is 5.69 Å². The van der Waals surface area contributed by atoms with Crippen LogP contribution in [-0.2, 0) is 27.4 Å². The van der Waals surface area contributed by atoms with E-state index in [1.165, 1.54) is 27.8 Å². The third-order valence-corrected chi connectivity index (χ3v) is 8.19. The van der Waals surface area contributed by atoms with E-state index in [9.17, 15) is 40.7 Å². The van der Waals surface area contributed by atoms with Gasteiger partial charge >= 0.3 is 12.1 Å². The second kappa shape index (κ2) is 11.2. The largest absolute Gasteiger partial charge is 0.416 e. The van der Waals surface area contributed by atoms with Gasteiger partial charge in [0.15, 0.2) is 22.6 Å². The minimum absolute atomic E-state index is 0.0404. The van der Waals surface area contributed by atoms with Crippen molar-refractivity contribution in [1.82, 2.24) is 10.2 Å². The number of nitrogens with zero attached hydrogens (tertiary/aromatic N) is 2. The fourth-order valence-electron chi connectivity index (χ4n) is 4.87.